The molecule has 1 saturated carbocycles. The minimum absolute atomic E-state index is 0.285. The van der Waals surface area contributed by atoms with E-state index in [0.717, 1.165) is 12.1 Å². The van der Waals surface area contributed by atoms with E-state index in [1.807, 2.05) is 20.9 Å². The topological polar surface area (TPSA) is 84.2 Å². The van der Waals surface area contributed by atoms with E-state index in [-0.39, 0.29) is 17.9 Å². The van der Waals surface area contributed by atoms with E-state index in [2.05, 4.69) is 10.4 Å². The zero-order chi connectivity index (χ0) is 14.9. The van der Waals surface area contributed by atoms with Gasteiger partial charge in [0.1, 0.15) is 5.69 Å². The molecule has 0 radical (unpaired) electrons. The summed E-state index contributed by atoms with van der Waals surface area (Å²) in [6.07, 6.45) is 2.17. The molecule has 6 nitrogen and oxygen atoms in total. The standard InChI is InChI=1S/C14H21N3O3/c1-8(2)12-7-11(16-17(12)3)13(18)15-10-6-4-5-9(10)14(19)20/h7-10H,4-6H2,1-3H3,(H,15,18)(H,19,20)/t9-,10+/m0/s1. The quantitative estimate of drug-likeness (QED) is 0.875. The van der Waals surface area contributed by atoms with Gasteiger partial charge in [-0.25, -0.2) is 0 Å². The molecule has 0 unspecified atom stereocenters. The lowest BCUT2D eigenvalue weighted by Crippen LogP contribution is -2.40. The highest BCUT2D eigenvalue weighted by molar-refractivity contribution is 5.93. The average molecular weight is 279 g/mol. The maximum Gasteiger partial charge on any atom is 0.308 e. The normalized spacial score (nSPS) is 22.2. The maximum atomic E-state index is 12.2. The number of aryl methyl sites for hydroxylation is 1. The number of carbonyl (C=O) groups is 2. The molecule has 2 atom stereocenters. The summed E-state index contributed by atoms with van der Waals surface area (Å²) in [5.41, 5.74) is 1.34. The monoisotopic (exact) mass is 279 g/mol. The second-order valence-corrected chi connectivity index (χ2v) is 5.69. The van der Waals surface area contributed by atoms with Crippen molar-refractivity contribution in [3.05, 3.63) is 17.5 Å². The molecule has 2 N–H and O–H groups in total. The Bertz CT molecular complexity index is 522. The molecule has 6 heteroatoms. The van der Waals surface area contributed by atoms with Crippen LogP contribution in [-0.2, 0) is 11.8 Å². The number of hydrogen-bond acceptors (Lipinski definition) is 3. The lowest BCUT2D eigenvalue weighted by atomic mass is 10.0. The van der Waals surface area contributed by atoms with E-state index in [1.54, 1.807) is 10.7 Å². The highest BCUT2D eigenvalue weighted by Crippen LogP contribution is 2.26. The lowest BCUT2D eigenvalue weighted by Gasteiger charge is -2.16. The summed E-state index contributed by atoms with van der Waals surface area (Å²) < 4.78 is 1.70. The Kier molecular flexibility index (Phi) is 4.11. The van der Waals surface area contributed by atoms with E-state index < -0.39 is 11.9 Å². The van der Waals surface area contributed by atoms with Gasteiger partial charge in [-0.3, -0.25) is 14.3 Å². The number of aliphatic carboxylic acids is 1. The van der Waals surface area contributed by atoms with Crippen molar-refractivity contribution in [1.82, 2.24) is 15.1 Å². The molecular formula is C14H21N3O3. The van der Waals surface area contributed by atoms with Crippen molar-refractivity contribution in [2.45, 2.75) is 45.1 Å². The Labute approximate surface area is 118 Å². The largest absolute Gasteiger partial charge is 0.481 e. The third kappa shape index (κ3) is 2.84. The summed E-state index contributed by atoms with van der Waals surface area (Å²) in [5.74, 6) is -1.32. The van der Waals surface area contributed by atoms with Gasteiger partial charge in [0.15, 0.2) is 0 Å². The van der Waals surface area contributed by atoms with Crippen molar-refractivity contribution < 1.29 is 14.7 Å². The van der Waals surface area contributed by atoms with Gasteiger partial charge in [-0.2, -0.15) is 5.10 Å². The first-order chi connectivity index (χ1) is 9.40. The molecule has 0 aromatic carbocycles. The third-order valence-electron chi connectivity index (χ3n) is 3.89. The van der Waals surface area contributed by atoms with Gasteiger partial charge in [0.05, 0.1) is 5.92 Å². The predicted octanol–water partition coefficient (Wildman–Crippen LogP) is 1.53. The highest BCUT2D eigenvalue weighted by Gasteiger charge is 2.34. The molecule has 0 saturated heterocycles. The summed E-state index contributed by atoms with van der Waals surface area (Å²) in [5, 5.41) is 16.1. The minimum Gasteiger partial charge on any atom is -0.481 e. The van der Waals surface area contributed by atoms with Gasteiger partial charge in [-0.15, -0.1) is 0 Å². The molecule has 0 bridgehead atoms. The first-order valence-electron chi connectivity index (χ1n) is 6.97. The Morgan fingerprint density at radius 3 is 2.70 bits per heavy atom. The van der Waals surface area contributed by atoms with E-state index in [0.29, 0.717) is 18.5 Å². The second-order valence-electron chi connectivity index (χ2n) is 5.69. The Hall–Kier alpha value is -1.85. The van der Waals surface area contributed by atoms with Crippen molar-refractivity contribution in [3.63, 3.8) is 0 Å². The van der Waals surface area contributed by atoms with Crippen LogP contribution in [0.15, 0.2) is 6.07 Å². The number of rotatable bonds is 4. The molecule has 0 aliphatic heterocycles. The zero-order valence-electron chi connectivity index (χ0n) is 12.1. The van der Waals surface area contributed by atoms with Crippen LogP contribution in [0.3, 0.4) is 0 Å². The summed E-state index contributed by atoms with van der Waals surface area (Å²) in [7, 11) is 1.81. The fourth-order valence-electron chi connectivity index (χ4n) is 2.80. The van der Waals surface area contributed by atoms with Gasteiger partial charge in [0.25, 0.3) is 5.91 Å². The number of hydrogen-bond donors (Lipinski definition) is 2. The molecule has 1 fully saturated rings. The molecule has 1 heterocycles. The molecule has 1 amide bonds. The van der Waals surface area contributed by atoms with Crippen LogP contribution in [0.25, 0.3) is 0 Å². The lowest BCUT2D eigenvalue weighted by molar-refractivity contribution is -0.142. The van der Waals surface area contributed by atoms with Gasteiger partial charge in [-0.05, 0) is 24.8 Å². The summed E-state index contributed by atoms with van der Waals surface area (Å²) in [6, 6.07) is 1.48. The van der Waals surface area contributed by atoms with E-state index in [1.165, 1.54) is 0 Å². The maximum absolute atomic E-state index is 12.2. The van der Waals surface area contributed by atoms with Crippen LogP contribution in [0.2, 0.25) is 0 Å². The fourth-order valence-corrected chi connectivity index (χ4v) is 2.80. The Morgan fingerprint density at radius 2 is 2.15 bits per heavy atom. The van der Waals surface area contributed by atoms with E-state index in [4.69, 9.17) is 5.11 Å². The number of amides is 1. The van der Waals surface area contributed by atoms with Crippen molar-refractivity contribution in [3.8, 4) is 0 Å². The van der Waals surface area contributed by atoms with Gasteiger partial charge >= 0.3 is 5.97 Å². The van der Waals surface area contributed by atoms with Crippen LogP contribution in [0.4, 0.5) is 0 Å². The first-order valence-corrected chi connectivity index (χ1v) is 6.97. The van der Waals surface area contributed by atoms with Gasteiger partial charge in [0, 0.05) is 18.8 Å². The third-order valence-corrected chi connectivity index (χ3v) is 3.89. The van der Waals surface area contributed by atoms with Crippen LogP contribution in [0.1, 0.15) is 55.2 Å². The number of nitrogens with zero attached hydrogens (tertiary/aromatic N) is 2. The van der Waals surface area contributed by atoms with Crippen LogP contribution in [0.5, 0.6) is 0 Å². The molecule has 110 valence electrons. The predicted molar refractivity (Wildman–Crippen MR) is 73.5 cm³/mol. The van der Waals surface area contributed by atoms with E-state index >= 15 is 0 Å². The first kappa shape index (κ1) is 14.6. The zero-order valence-corrected chi connectivity index (χ0v) is 12.1. The van der Waals surface area contributed by atoms with Gasteiger partial charge < -0.3 is 10.4 Å². The van der Waals surface area contributed by atoms with Gasteiger partial charge in [-0.1, -0.05) is 20.3 Å². The second kappa shape index (κ2) is 5.64. The SMILES string of the molecule is CC(C)c1cc(C(=O)N[C@@H]2CCC[C@@H]2C(=O)O)nn1C. The summed E-state index contributed by atoms with van der Waals surface area (Å²) in [6.45, 7) is 4.08. The van der Waals surface area contributed by atoms with Crippen LogP contribution in [0, 0.1) is 5.92 Å². The molecule has 0 spiro atoms. The summed E-state index contributed by atoms with van der Waals surface area (Å²) >= 11 is 0. The fraction of sp³-hybridized carbons (Fsp3) is 0.643. The molecule has 1 aliphatic rings. The van der Waals surface area contributed by atoms with E-state index in [9.17, 15) is 9.59 Å². The Balaban J connectivity index is 2.08. The number of nitrogens with one attached hydrogen (secondary N) is 1. The van der Waals surface area contributed by atoms with Crippen LogP contribution >= 0.6 is 0 Å². The molecule has 1 aromatic heterocycles. The molecule has 1 aromatic rings. The number of carboxylic acids is 1. The smallest absolute Gasteiger partial charge is 0.308 e. The minimum atomic E-state index is -0.836. The number of aromatic nitrogens is 2. The number of carboxylic acid groups (broad SMARTS) is 1. The van der Waals surface area contributed by atoms with Gasteiger partial charge in [0.2, 0.25) is 0 Å². The Morgan fingerprint density at radius 1 is 1.45 bits per heavy atom. The van der Waals surface area contributed by atoms with Crippen molar-refractivity contribution >= 4 is 11.9 Å². The summed E-state index contributed by atoms with van der Waals surface area (Å²) in [4.78, 5) is 23.3. The molecular weight excluding hydrogens is 258 g/mol. The van der Waals surface area contributed by atoms with Crippen molar-refractivity contribution in [2.24, 2.45) is 13.0 Å². The van der Waals surface area contributed by atoms with Crippen LogP contribution in [-0.4, -0.2) is 32.8 Å². The molecule has 1 aliphatic carbocycles. The number of carbonyl (C=O) groups excluding carboxylic acids is 1. The average Bonchev–Trinajstić information content (AvgIpc) is 2.95. The molecule has 20 heavy (non-hydrogen) atoms. The van der Waals surface area contributed by atoms with Crippen molar-refractivity contribution in [2.75, 3.05) is 0 Å². The van der Waals surface area contributed by atoms with Crippen molar-refractivity contribution in [1.29, 1.82) is 0 Å². The van der Waals surface area contributed by atoms with Crippen LogP contribution < -0.4 is 5.32 Å². The molecule has 2 rings (SSSR count). The highest BCUT2D eigenvalue weighted by atomic mass is 16.4.